The van der Waals surface area contributed by atoms with Crippen LogP contribution in [0, 0.1) is 0 Å². The lowest BCUT2D eigenvalue weighted by molar-refractivity contribution is -0.501. The average molecular weight is 695 g/mol. The Morgan fingerprint density at radius 2 is 1.50 bits per heavy atom. The van der Waals surface area contributed by atoms with Crippen LogP contribution in [-0.4, -0.2) is 45.6 Å². The van der Waals surface area contributed by atoms with Crippen molar-refractivity contribution in [3.63, 3.8) is 0 Å². The maximum absolute atomic E-state index is 12.7. The maximum Gasteiger partial charge on any atom is 0.294 e. The normalized spacial score (nSPS) is 15.4. The second kappa shape index (κ2) is 14.7. The predicted octanol–water partition coefficient (Wildman–Crippen LogP) is 5.96. The molecule has 2 aromatic rings. The SMILES string of the molecule is CCCCCCCCCCCC[NH+]=c1ccc2c(-c3ccc(S(=O)(=O)O)cc3S(=O)(=O)[O-])c3cc4c5c(c3oc-2c1)CCCN5CCC4. The van der Waals surface area contributed by atoms with Crippen LogP contribution in [0.15, 0.2) is 56.7 Å². The summed E-state index contributed by atoms with van der Waals surface area (Å²) in [6.45, 7) is 4.99. The lowest BCUT2D eigenvalue weighted by Gasteiger charge is -2.37. The molecule has 3 heterocycles. The van der Waals surface area contributed by atoms with Gasteiger partial charge in [-0.05, 0) is 61.9 Å². The molecule has 0 aromatic heterocycles. The first-order chi connectivity index (χ1) is 23.1. The van der Waals surface area contributed by atoms with E-state index in [0.717, 1.165) is 86.8 Å². The average Bonchev–Trinajstić information content (AvgIpc) is 3.05. The van der Waals surface area contributed by atoms with Crippen LogP contribution >= 0.6 is 0 Å². The fourth-order valence-corrected chi connectivity index (χ4v) is 8.82. The van der Waals surface area contributed by atoms with Gasteiger partial charge in [0.25, 0.3) is 10.1 Å². The Hall–Kier alpha value is -3.25. The van der Waals surface area contributed by atoms with Crippen molar-refractivity contribution in [2.75, 3.05) is 24.5 Å². The Kier molecular flexibility index (Phi) is 10.6. The largest absolute Gasteiger partial charge is 0.744 e. The second-order valence-electron chi connectivity index (χ2n) is 13.3. The van der Waals surface area contributed by atoms with Crippen LogP contribution in [0.3, 0.4) is 0 Å². The van der Waals surface area contributed by atoms with Gasteiger partial charge in [-0.2, -0.15) is 8.42 Å². The van der Waals surface area contributed by atoms with Gasteiger partial charge < -0.3 is 13.9 Å². The Morgan fingerprint density at radius 3 is 2.19 bits per heavy atom. The van der Waals surface area contributed by atoms with Gasteiger partial charge in [0, 0.05) is 58.9 Å². The van der Waals surface area contributed by atoms with Crippen molar-refractivity contribution < 1.29 is 35.4 Å². The summed E-state index contributed by atoms with van der Waals surface area (Å²) in [5.74, 6) is 0.530. The molecule has 6 rings (SSSR count). The van der Waals surface area contributed by atoms with Gasteiger partial charge in [0.2, 0.25) is 5.36 Å². The van der Waals surface area contributed by atoms with Crippen molar-refractivity contribution in [3.8, 4) is 22.5 Å². The van der Waals surface area contributed by atoms with Crippen molar-refractivity contribution in [3.05, 3.63) is 58.9 Å². The minimum Gasteiger partial charge on any atom is -0.744 e. The van der Waals surface area contributed by atoms with Crippen LogP contribution in [0.25, 0.3) is 33.4 Å². The van der Waals surface area contributed by atoms with E-state index in [2.05, 4.69) is 16.8 Å². The molecular formula is C37H46N2O7S2. The van der Waals surface area contributed by atoms with E-state index in [1.54, 1.807) is 0 Å². The predicted molar refractivity (Wildman–Crippen MR) is 186 cm³/mol. The highest BCUT2D eigenvalue weighted by atomic mass is 32.2. The molecule has 0 unspecified atom stereocenters. The first-order valence-electron chi connectivity index (χ1n) is 17.5. The lowest BCUT2D eigenvalue weighted by atomic mass is 9.86. The van der Waals surface area contributed by atoms with Gasteiger partial charge in [0.15, 0.2) is 0 Å². The number of hydrogen-bond acceptors (Lipinski definition) is 7. The van der Waals surface area contributed by atoms with E-state index in [9.17, 15) is 25.9 Å². The van der Waals surface area contributed by atoms with Gasteiger partial charge in [0.05, 0.1) is 15.9 Å². The van der Waals surface area contributed by atoms with Crippen LogP contribution in [-0.2, 0) is 33.1 Å². The molecule has 0 spiro atoms. The molecule has 48 heavy (non-hydrogen) atoms. The number of nitrogens with zero attached hydrogens (tertiary/aromatic N) is 1. The van der Waals surface area contributed by atoms with E-state index >= 15 is 0 Å². The molecular weight excluding hydrogens is 649 g/mol. The van der Waals surface area contributed by atoms with Crippen LogP contribution in [0.4, 0.5) is 5.69 Å². The first kappa shape index (κ1) is 34.6. The quantitative estimate of drug-likeness (QED) is 0.0937. The number of rotatable bonds is 14. The molecule has 2 N–H and O–H groups in total. The molecule has 0 amide bonds. The maximum atomic E-state index is 12.7. The van der Waals surface area contributed by atoms with Crippen LogP contribution in [0.1, 0.15) is 95.1 Å². The molecule has 1 aliphatic carbocycles. The molecule has 2 aromatic carbocycles. The zero-order valence-electron chi connectivity index (χ0n) is 27.7. The van der Waals surface area contributed by atoms with Gasteiger partial charge in [-0.3, -0.25) is 4.55 Å². The lowest BCUT2D eigenvalue weighted by Crippen LogP contribution is -2.76. The third-order valence-corrected chi connectivity index (χ3v) is 11.6. The second-order valence-corrected chi connectivity index (χ2v) is 16.1. The van der Waals surface area contributed by atoms with Crippen LogP contribution < -0.4 is 15.2 Å². The Morgan fingerprint density at radius 1 is 0.833 bits per heavy atom. The van der Waals surface area contributed by atoms with Crippen molar-refractivity contribution in [1.29, 1.82) is 0 Å². The standard InChI is InChI=1S/C37H46N2O7S2/c1-2-3-4-5-6-7-8-9-10-11-20-38-27-16-18-29-33(24-27)46-37-31-15-13-22-39-21-12-14-26(36(31)39)23-32(37)35(29)30-19-17-28(47(40,41)42)25-34(30)48(43,44)45/h16-19,23-25H,2-15,20-22H2,1H3,(H,40,41,42)(H,43,44,45). The Bertz CT molecular complexity index is 2050. The number of anilines is 1. The number of nitrogens with one attached hydrogen (secondary N) is 1. The monoisotopic (exact) mass is 694 g/mol. The third kappa shape index (κ3) is 7.49. The molecule has 0 radical (unpaired) electrons. The smallest absolute Gasteiger partial charge is 0.294 e. The topological polar surface area (TPSA) is 142 Å². The van der Waals surface area contributed by atoms with E-state index in [1.807, 2.05) is 24.3 Å². The molecule has 0 atom stereocenters. The van der Waals surface area contributed by atoms with E-state index < -0.39 is 30.0 Å². The molecule has 9 nitrogen and oxygen atoms in total. The molecule has 258 valence electrons. The zero-order chi connectivity index (χ0) is 33.9. The van der Waals surface area contributed by atoms with Gasteiger partial charge in [-0.25, -0.2) is 13.4 Å². The number of aryl methyl sites for hydroxylation is 2. The summed E-state index contributed by atoms with van der Waals surface area (Å²) < 4.78 is 78.2. The Labute approximate surface area is 283 Å². The van der Waals surface area contributed by atoms with Crippen molar-refractivity contribution in [2.45, 2.75) is 107 Å². The van der Waals surface area contributed by atoms with Gasteiger partial charge in [-0.15, -0.1) is 0 Å². The van der Waals surface area contributed by atoms with Crippen LogP contribution in [0.2, 0.25) is 0 Å². The third-order valence-electron chi connectivity index (χ3n) is 9.85. The van der Waals surface area contributed by atoms with E-state index in [-0.39, 0.29) is 5.56 Å². The van der Waals surface area contributed by atoms with E-state index in [0.29, 0.717) is 27.9 Å². The van der Waals surface area contributed by atoms with Crippen molar-refractivity contribution >= 4 is 36.9 Å². The summed E-state index contributed by atoms with van der Waals surface area (Å²) in [5, 5.41) is 1.55. The summed E-state index contributed by atoms with van der Waals surface area (Å²) in [7, 11) is -9.90. The highest BCUT2D eigenvalue weighted by molar-refractivity contribution is 7.86. The molecule has 0 bridgehead atoms. The summed E-state index contributed by atoms with van der Waals surface area (Å²) in [5.41, 5.74) is 5.21. The molecule has 0 fully saturated rings. The molecule has 4 aliphatic rings. The number of benzene rings is 3. The minimum atomic E-state index is -5.15. The van der Waals surface area contributed by atoms with E-state index in [4.69, 9.17) is 4.42 Å². The molecule has 11 heteroatoms. The van der Waals surface area contributed by atoms with Crippen molar-refractivity contribution in [1.82, 2.24) is 0 Å². The number of unbranched alkanes of at least 4 members (excludes halogenated alkanes) is 9. The number of fused-ring (bicyclic) bond motifs is 3. The number of hydrogen-bond donors (Lipinski definition) is 2. The minimum absolute atomic E-state index is 0.0740. The summed E-state index contributed by atoms with van der Waals surface area (Å²) in [6, 6.07) is 10.9. The first-order valence-corrected chi connectivity index (χ1v) is 20.4. The fourth-order valence-electron chi connectivity index (χ4n) is 7.52. The molecule has 0 saturated heterocycles. The zero-order valence-corrected chi connectivity index (χ0v) is 29.4. The summed E-state index contributed by atoms with van der Waals surface area (Å²) in [6.07, 6.45) is 16.2. The van der Waals surface area contributed by atoms with E-state index in [1.165, 1.54) is 63.1 Å². The Balaban J connectivity index is 1.41. The summed E-state index contributed by atoms with van der Waals surface area (Å²) >= 11 is 0. The molecule has 3 aliphatic heterocycles. The fraction of sp³-hybridized carbons (Fsp3) is 0.486. The van der Waals surface area contributed by atoms with Gasteiger partial charge in [-0.1, -0.05) is 64.4 Å². The summed E-state index contributed by atoms with van der Waals surface area (Å²) in [4.78, 5) is 4.55. The van der Waals surface area contributed by atoms with Gasteiger partial charge in [0.1, 0.15) is 28.0 Å². The highest BCUT2D eigenvalue weighted by Crippen LogP contribution is 2.48. The molecule has 0 saturated carbocycles. The van der Waals surface area contributed by atoms with Gasteiger partial charge >= 0.3 is 0 Å². The van der Waals surface area contributed by atoms with Crippen molar-refractivity contribution in [2.24, 2.45) is 0 Å². The highest BCUT2D eigenvalue weighted by Gasteiger charge is 2.30. The van der Waals surface area contributed by atoms with Crippen LogP contribution in [0.5, 0.6) is 0 Å².